The Labute approximate surface area is 123 Å². The normalized spacial score (nSPS) is 10.3. The van der Waals surface area contributed by atoms with Crippen LogP contribution in [0.3, 0.4) is 0 Å². The Kier molecular flexibility index (Phi) is 3.56. The zero-order valence-electron chi connectivity index (χ0n) is 11.7. The van der Waals surface area contributed by atoms with Crippen molar-refractivity contribution in [3.63, 3.8) is 0 Å². The van der Waals surface area contributed by atoms with E-state index < -0.39 is 0 Å². The van der Waals surface area contributed by atoms with E-state index in [1.54, 1.807) is 25.4 Å². The van der Waals surface area contributed by atoms with E-state index in [1.807, 2.05) is 48.5 Å². The third kappa shape index (κ3) is 2.46. The highest BCUT2D eigenvalue weighted by Crippen LogP contribution is 2.41. The quantitative estimate of drug-likeness (QED) is 0.782. The van der Waals surface area contributed by atoms with Gasteiger partial charge in [-0.2, -0.15) is 0 Å². The van der Waals surface area contributed by atoms with Crippen molar-refractivity contribution < 1.29 is 9.84 Å². The number of hydrogen-bond donors (Lipinski definition) is 1. The lowest BCUT2D eigenvalue weighted by Gasteiger charge is -2.15. The van der Waals surface area contributed by atoms with Crippen molar-refractivity contribution in [2.45, 2.75) is 0 Å². The van der Waals surface area contributed by atoms with Gasteiger partial charge in [-0.3, -0.25) is 4.98 Å². The number of phenolic OH excluding ortho intramolecular Hbond substituents is 1. The van der Waals surface area contributed by atoms with Gasteiger partial charge in [0.2, 0.25) is 0 Å². The lowest BCUT2D eigenvalue weighted by atomic mass is 9.95. The summed E-state index contributed by atoms with van der Waals surface area (Å²) < 4.78 is 5.48. The molecule has 0 amide bonds. The summed E-state index contributed by atoms with van der Waals surface area (Å²) in [6.45, 7) is 0. The number of pyridine rings is 1. The first-order valence-electron chi connectivity index (χ1n) is 6.68. The van der Waals surface area contributed by atoms with Crippen molar-refractivity contribution in [3.05, 3.63) is 66.9 Å². The van der Waals surface area contributed by atoms with Crippen molar-refractivity contribution in [1.82, 2.24) is 4.98 Å². The molecule has 0 radical (unpaired) electrons. The third-order valence-electron chi connectivity index (χ3n) is 3.36. The van der Waals surface area contributed by atoms with Gasteiger partial charge in [-0.05, 0) is 24.3 Å². The fourth-order valence-corrected chi connectivity index (χ4v) is 2.40. The van der Waals surface area contributed by atoms with Crippen LogP contribution in [0.25, 0.3) is 22.4 Å². The molecule has 0 aliphatic heterocycles. The number of phenols is 1. The number of methoxy groups -OCH3 is 1. The molecule has 0 spiro atoms. The number of aromatic nitrogens is 1. The largest absolute Gasteiger partial charge is 0.507 e. The van der Waals surface area contributed by atoms with Crippen molar-refractivity contribution >= 4 is 0 Å². The molecule has 0 atom stereocenters. The Balaban J connectivity index is 2.30. The monoisotopic (exact) mass is 277 g/mol. The van der Waals surface area contributed by atoms with Crippen LogP contribution in [-0.4, -0.2) is 17.2 Å². The molecule has 104 valence electrons. The van der Waals surface area contributed by atoms with Crippen LogP contribution in [0.15, 0.2) is 66.9 Å². The lowest BCUT2D eigenvalue weighted by Crippen LogP contribution is -1.93. The summed E-state index contributed by atoms with van der Waals surface area (Å²) in [6, 6.07) is 18.8. The number of ether oxygens (including phenoxy) is 1. The van der Waals surface area contributed by atoms with Crippen molar-refractivity contribution in [1.29, 1.82) is 0 Å². The van der Waals surface area contributed by atoms with Gasteiger partial charge in [0.25, 0.3) is 0 Å². The fraction of sp³-hybridized carbons (Fsp3) is 0.0556. The second kappa shape index (κ2) is 5.67. The molecule has 0 aliphatic rings. The predicted molar refractivity (Wildman–Crippen MR) is 83.3 cm³/mol. The van der Waals surface area contributed by atoms with Crippen LogP contribution in [0.4, 0.5) is 0 Å². The highest BCUT2D eigenvalue weighted by atomic mass is 16.5. The van der Waals surface area contributed by atoms with Crippen LogP contribution < -0.4 is 4.74 Å². The SMILES string of the molecule is COc1cccc(-c2ccccn2)c1-c1ccccc1O. The molecule has 0 aliphatic carbocycles. The molecule has 3 heteroatoms. The molecule has 21 heavy (non-hydrogen) atoms. The Morgan fingerprint density at radius 3 is 2.33 bits per heavy atom. The van der Waals surface area contributed by atoms with Crippen molar-refractivity contribution in [3.8, 4) is 33.9 Å². The predicted octanol–water partition coefficient (Wildman–Crippen LogP) is 4.13. The number of hydrogen-bond acceptors (Lipinski definition) is 3. The maximum Gasteiger partial charge on any atom is 0.127 e. The maximum absolute atomic E-state index is 10.2. The van der Waals surface area contributed by atoms with E-state index in [2.05, 4.69) is 4.98 Å². The molecular formula is C18H15NO2. The van der Waals surface area contributed by atoms with Crippen LogP contribution in [0, 0.1) is 0 Å². The average molecular weight is 277 g/mol. The molecule has 0 bridgehead atoms. The van der Waals surface area contributed by atoms with E-state index in [4.69, 9.17) is 4.74 Å². The van der Waals surface area contributed by atoms with Gasteiger partial charge >= 0.3 is 0 Å². The highest BCUT2D eigenvalue weighted by Gasteiger charge is 2.16. The first-order chi connectivity index (χ1) is 10.3. The number of rotatable bonds is 3. The summed E-state index contributed by atoms with van der Waals surface area (Å²) in [5.41, 5.74) is 3.35. The standard InChI is InChI=1S/C18H15NO2/c1-21-17-11-6-8-13(15-9-4-5-12-19-15)18(17)14-7-2-3-10-16(14)20/h2-12,20H,1H3. The summed E-state index contributed by atoms with van der Waals surface area (Å²) in [7, 11) is 1.63. The zero-order chi connectivity index (χ0) is 14.7. The van der Waals surface area contributed by atoms with Crippen LogP contribution in [0.1, 0.15) is 0 Å². The van der Waals surface area contributed by atoms with Gasteiger partial charge in [0.05, 0.1) is 12.8 Å². The molecular weight excluding hydrogens is 262 g/mol. The molecule has 1 heterocycles. The second-order valence-electron chi connectivity index (χ2n) is 4.61. The molecule has 3 aromatic rings. The van der Waals surface area contributed by atoms with E-state index in [0.29, 0.717) is 5.75 Å². The van der Waals surface area contributed by atoms with Gasteiger partial charge in [-0.1, -0.05) is 36.4 Å². The molecule has 0 unspecified atom stereocenters. The summed E-state index contributed by atoms with van der Waals surface area (Å²) in [6.07, 6.45) is 1.75. The number of aromatic hydroxyl groups is 1. The Morgan fingerprint density at radius 2 is 1.62 bits per heavy atom. The van der Waals surface area contributed by atoms with Gasteiger partial charge in [-0.15, -0.1) is 0 Å². The number of benzene rings is 2. The molecule has 0 fully saturated rings. The number of nitrogens with zero attached hydrogens (tertiary/aromatic N) is 1. The second-order valence-corrected chi connectivity index (χ2v) is 4.61. The van der Waals surface area contributed by atoms with Crippen LogP contribution in [0.5, 0.6) is 11.5 Å². The van der Waals surface area contributed by atoms with Crippen LogP contribution in [-0.2, 0) is 0 Å². The summed E-state index contributed by atoms with van der Waals surface area (Å²) >= 11 is 0. The number of para-hydroxylation sites is 1. The lowest BCUT2D eigenvalue weighted by molar-refractivity contribution is 0.416. The Morgan fingerprint density at radius 1 is 0.857 bits per heavy atom. The summed E-state index contributed by atoms with van der Waals surface area (Å²) in [5.74, 6) is 0.929. The van der Waals surface area contributed by atoms with Gasteiger partial charge in [0.15, 0.2) is 0 Å². The van der Waals surface area contributed by atoms with E-state index >= 15 is 0 Å². The molecule has 3 nitrogen and oxygen atoms in total. The minimum atomic E-state index is 0.221. The molecule has 0 saturated carbocycles. The van der Waals surface area contributed by atoms with Gasteiger partial charge in [-0.25, -0.2) is 0 Å². The Bertz CT molecular complexity index is 754. The highest BCUT2D eigenvalue weighted by molar-refractivity contribution is 5.88. The summed E-state index contributed by atoms with van der Waals surface area (Å²) in [5, 5.41) is 10.2. The van der Waals surface area contributed by atoms with Crippen LogP contribution >= 0.6 is 0 Å². The topological polar surface area (TPSA) is 42.4 Å². The summed E-state index contributed by atoms with van der Waals surface area (Å²) in [4.78, 5) is 4.40. The average Bonchev–Trinajstić information content (AvgIpc) is 2.55. The Hall–Kier alpha value is -2.81. The molecule has 0 saturated heterocycles. The minimum Gasteiger partial charge on any atom is -0.507 e. The maximum atomic E-state index is 10.2. The minimum absolute atomic E-state index is 0.221. The zero-order valence-corrected chi connectivity index (χ0v) is 11.7. The van der Waals surface area contributed by atoms with Crippen LogP contribution in [0.2, 0.25) is 0 Å². The molecule has 2 aromatic carbocycles. The van der Waals surface area contributed by atoms with E-state index in [9.17, 15) is 5.11 Å². The van der Waals surface area contributed by atoms with Gasteiger partial charge in [0, 0.05) is 22.9 Å². The van der Waals surface area contributed by atoms with Gasteiger partial charge in [0.1, 0.15) is 11.5 Å². The van der Waals surface area contributed by atoms with Crippen molar-refractivity contribution in [2.24, 2.45) is 0 Å². The molecule has 3 rings (SSSR count). The van der Waals surface area contributed by atoms with E-state index in [0.717, 1.165) is 22.4 Å². The third-order valence-corrected chi connectivity index (χ3v) is 3.36. The first-order valence-corrected chi connectivity index (χ1v) is 6.68. The first kappa shape index (κ1) is 13.2. The van der Waals surface area contributed by atoms with Gasteiger partial charge < -0.3 is 9.84 Å². The molecule has 1 aromatic heterocycles. The smallest absolute Gasteiger partial charge is 0.127 e. The van der Waals surface area contributed by atoms with Crippen molar-refractivity contribution in [2.75, 3.05) is 7.11 Å². The molecule has 1 N–H and O–H groups in total. The van der Waals surface area contributed by atoms with E-state index in [-0.39, 0.29) is 5.75 Å². The fourth-order valence-electron chi connectivity index (χ4n) is 2.40. The van der Waals surface area contributed by atoms with E-state index in [1.165, 1.54) is 0 Å².